The molecule has 9 heteroatoms. The fourth-order valence-electron chi connectivity index (χ4n) is 2.08. The molecule has 0 aliphatic heterocycles. The van der Waals surface area contributed by atoms with Gasteiger partial charge in [0.05, 0.1) is 31.4 Å². The lowest BCUT2D eigenvalue weighted by Gasteiger charge is -2.49. The molecule has 2 aromatic rings. The summed E-state index contributed by atoms with van der Waals surface area (Å²) in [7, 11) is 23.9. The molecule has 0 aliphatic carbocycles. The predicted octanol–water partition coefficient (Wildman–Crippen LogP) is -0.739. The number of aromatic nitrogens is 4. The van der Waals surface area contributed by atoms with Crippen molar-refractivity contribution >= 4 is 43.0 Å². The van der Waals surface area contributed by atoms with E-state index in [-0.39, 0.29) is 0 Å². The molecule has 0 aromatic carbocycles. The van der Waals surface area contributed by atoms with Gasteiger partial charge in [0.15, 0.2) is 0 Å². The number of hydrogen-bond acceptors (Lipinski definition) is 4. The minimum Gasteiger partial charge on any atom is -0.380 e. The van der Waals surface area contributed by atoms with Gasteiger partial charge in [-0.1, -0.05) is 13.8 Å². The van der Waals surface area contributed by atoms with Gasteiger partial charge in [0.2, 0.25) is 0 Å². The first kappa shape index (κ1) is 14.0. The Bertz CT molecular complexity index is 584. The highest BCUT2D eigenvalue weighted by Crippen LogP contribution is 2.26. The van der Waals surface area contributed by atoms with Gasteiger partial charge in [0, 0.05) is 11.8 Å². The van der Waals surface area contributed by atoms with Crippen LogP contribution in [0.3, 0.4) is 0 Å². The van der Waals surface area contributed by atoms with Crippen molar-refractivity contribution in [1.82, 2.24) is 19.6 Å². The summed E-state index contributed by atoms with van der Waals surface area (Å²) in [5.41, 5.74) is 0.731. The lowest BCUT2D eigenvalue weighted by Crippen LogP contribution is -2.61. The van der Waals surface area contributed by atoms with E-state index in [0.717, 1.165) is 5.69 Å². The fraction of sp³-hybridized carbons (Fsp3) is 0.500. The number of rotatable bonds is 3. The van der Waals surface area contributed by atoms with Crippen LogP contribution in [-0.4, -0.2) is 61.6 Å². The quantitative estimate of drug-likeness (QED) is 0.667. The molecule has 8 radical (unpaired) electrons. The van der Waals surface area contributed by atoms with Crippen LogP contribution in [0, 0.1) is 6.92 Å². The van der Waals surface area contributed by atoms with Gasteiger partial charge in [-0.25, -0.2) is 4.98 Å². The summed E-state index contributed by atoms with van der Waals surface area (Å²) in [5.74, 6) is 0.952. The van der Waals surface area contributed by atoms with Crippen molar-refractivity contribution in [2.45, 2.75) is 31.4 Å². The molecule has 19 heavy (non-hydrogen) atoms. The van der Waals surface area contributed by atoms with Gasteiger partial charge >= 0.3 is 0 Å². The second-order valence-corrected chi connectivity index (χ2v) is 5.01. The molecule has 0 aliphatic rings. The smallest absolute Gasteiger partial charge is 0.254 e. The molecule has 88 valence electrons. The van der Waals surface area contributed by atoms with Gasteiger partial charge in [-0.2, -0.15) is 14.6 Å². The third-order valence-corrected chi connectivity index (χ3v) is 2.55. The Morgan fingerprint density at radius 2 is 1.74 bits per heavy atom. The standard InChI is InChI=1S/C10H11B4N5/c1-6-4-7(18-8(17-6)15-5-16-18)19(9(2,11)12)10(3,13)14/h4-5H,1-3H3. The maximum atomic E-state index is 5.97. The zero-order valence-electron chi connectivity index (χ0n) is 11.2. The lowest BCUT2D eigenvalue weighted by molar-refractivity contribution is 0.649. The van der Waals surface area contributed by atoms with Crippen LogP contribution in [0.4, 0.5) is 5.82 Å². The number of hydrogen-bond donors (Lipinski definition) is 0. The molecule has 5 nitrogen and oxygen atoms in total. The van der Waals surface area contributed by atoms with E-state index < -0.39 is 10.7 Å². The summed E-state index contributed by atoms with van der Waals surface area (Å²) in [5, 5.41) is 1.54. The van der Waals surface area contributed by atoms with Crippen molar-refractivity contribution in [2.75, 3.05) is 4.90 Å². The van der Waals surface area contributed by atoms with Gasteiger partial charge in [0.1, 0.15) is 12.1 Å². The van der Waals surface area contributed by atoms with Crippen LogP contribution in [0.1, 0.15) is 19.5 Å². The van der Waals surface area contributed by atoms with Gasteiger partial charge in [0.25, 0.3) is 5.78 Å². The third kappa shape index (κ3) is 2.65. The minimum atomic E-state index is -1.27. The number of aryl methyl sites for hydroxylation is 1. The Morgan fingerprint density at radius 3 is 2.26 bits per heavy atom. The van der Waals surface area contributed by atoms with Crippen LogP contribution in [-0.2, 0) is 0 Å². The molecule has 2 aromatic heterocycles. The van der Waals surface area contributed by atoms with Crippen molar-refractivity contribution in [2.24, 2.45) is 0 Å². The average Bonchev–Trinajstić information content (AvgIpc) is 2.60. The molecule has 2 heterocycles. The van der Waals surface area contributed by atoms with Gasteiger partial charge in [-0.3, -0.25) is 0 Å². The number of fused-ring (bicyclic) bond motifs is 1. The van der Waals surface area contributed by atoms with E-state index in [4.69, 9.17) is 31.4 Å². The Hall–Kier alpha value is -1.39. The highest BCUT2D eigenvalue weighted by molar-refractivity contribution is 6.46. The summed E-state index contributed by atoms with van der Waals surface area (Å²) < 4.78 is 1.49. The molecular weight excluding hydrogens is 233 g/mol. The van der Waals surface area contributed by atoms with E-state index in [0.29, 0.717) is 11.6 Å². The molecule has 2 rings (SSSR count). The molecule has 0 amide bonds. The van der Waals surface area contributed by atoms with Crippen LogP contribution < -0.4 is 4.90 Å². The molecule has 0 saturated heterocycles. The van der Waals surface area contributed by atoms with Crippen LogP contribution >= 0.6 is 0 Å². The highest BCUT2D eigenvalue weighted by Gasteiger charge is 2.32. The summed E-state index contributed by atoms with van der Waals surface area (Å²) in [6, 6.07) is 1.75. The topological polar surface area (TPSA) is 46.3 Å². The summed E-state index contributed by atoms with van der Waals surface area (Å²) >= 11 is 0. The van der Waals surface area contributed by atoms with E-state index >= 15 is 0 Å². The third-order valence-electron chi connectivity index (χ3n) is 2.55. The van der Waals surface area contributed by atoms with Gasteiger partial charge in [-0.05, 0) is 17.6 Å². The largest absolute Gasteiger partial charge is 0.380 e. The Morgan fingerprint density at radius 1 is 1.16 bits per heavy atom. The highest BCUT2D eigenvalue weighted by atomic mass is 15.4. The van der Waals surface area contributed by atoms with Gasteiger partial charge < -0.3 is 4.90 Å². The summed E-state index contributed by atoms with van der Waals surface area (Å²) in [6.45, 7) is 5.03. The minimum absolute atomic E-state index is 0.425. The van der Waals surface area contributed by atoms with Crippen LogP contribution in [0.15, 0.2) is 12.4 Å². The van der Waals surface area contributed by atoms with Crippen molar-refractivity contribution < 1.29 is 0 Å². The second kappa shape index (κ2) is 4.32. The second-order valence-electron chi connectivity index (χ2n) is 5.01. The van der Waals surface area contributed by atoms with E-state index in [1.165, 1.54) is 15.7 Å². The van der Waals surface area contributed by atoms with Crippen molar-refractivity contribution in [3.63, 3.8) is 0 Å². The van der Waals surface area contributed by atoms with E-state index in [9.17, 15) is 0 Å². The fourth-order valence-corrected chi connectivity index (χ4v) is 2.08. The van der Waals surface area contributed by atoms with Crippen molar-refractivity contribution in [3.05, 3.63) is 18.1 Å². The molecule has 0 unspecified atom stereocenters. The Labute approximate surface area is 117 Å². The first-order valence-electron chi connectivity index (χ1n) is 5.74. The molecule has 0 spiro atoms. The molecule has 0 atom stereocenters. The first-order chi connectivity index (χ1) is 8.60. The Balaban J connectivity index is 2.73. The van der Waals surface area contributed by atoms with Crippen molar-refractivity contribution in [1.29, 1.82) is 0 Å². The zero-order chi connectivity index (χ0) is 14.4. The first-order valence-corrected chi connectivity index (χ1v) is 5.74. The SMILES string of the molecule is [B]C([B])(C)N(c1cc(C)nc2ncnn12)C([B])([B])C. The molecule has 0 N–H and O–H groups in total. The van der Waals surface area contributed by atoms with E-state index in [1.54, 1.807) is 19.9 Å². The molecular formula is C10H11B4N5. The van der Waals surface area contributed by atoms with Crippen LogP contribution in [0.2, 0.25) is 0 Å². The van der Waals surface area contributed by atoms with Crippen LogP contribution in [0.25, 0.3) is 5.78 Å². The van der Waals surface area contributed by atoms with Gasteiger partial charge in [-0.15, -0.1) is 0 Å². The summed E-state index contributed by atoms with van der Waals surface area (Å²) in [6.07, 6.45) is 1.39. The average molecular weight is 244 g/mol. The number of nitrogens with zero attached hydrogens (tertiary/aromatic N) is 5. The number of anilines is 1. The maximum absolute atomic E-state index is 5.97. The van der Waals surface area contributed by atoms with E-state index in [1.807, 2.05) is 6.92 Å². The van der Waals surface area contributed by atoms with Crippen LogP contribution in [0.5, 0.6) is 0 Å². The normalized spacial score (nSPS) is 12.8. The molecule has 0 fully saturated rings. The lowest BCUT2D eigenvalue weighted by atomic mass is 9.54. The maximum Gasteiger partial charge on any atom is 0.254 e. The van der Waals surface area contributed by atoms with E-state index in [2.05, 4.69) is 15.1 Å². The molecule has 0 saturated carbocycles. The Kier molecular flexibility index (Phi) is 3.19. The summed E-state index contributed by atoms with van der Waals surface area (Å²) in [4.78, 5) is 9.75. The predicted molar refractivity (Wildman–Crippen MR) is 77.8 cm³/mol. The molecule has 0 bridgehead atoms. The zero-order valence-corrected chi connectivity index (χ0v) is 11.2. The monoisotopic (exact) mass is 245 g/mol. The van der Waals surface area contributed by atoms with Crippen molar-refractivity contribution in [3.8, 4) is 0 Å².